The van der Waals surface area contributed by atoms with E-state index in [1.165, 1.54) is 4.90 Å². The highest BCUT2D eigenvalue weighted by molar-refractivity contribution is 5.77. The van der Waals surface area contributed by atoms with Crippen LogP contribution in [0.3, 0.4) is 0 Å². The Balaban J connectivity index is 2.74. The van der Waals surface area contributed by atoms with Gasteiger partial charge in [0.05, 0.1) is 19.3 Å². The fourth-order valence-electron chi connectivity index (χ4n) is 2.17. The Morgan fingerprint density at radius 1 is 1.42 bits per heavy atom. The third-order valence-electron chi connectivity index (χ3n) is 3.28. The van der Waals surface area contributed by atoms with Crippen LogP contribution in [0.15, 0.2) is 12.2 Å². The minimum atomic E-state index is -0.926. The number of carbonyl (C=O) groups excluding carboxylic acids is 1. The number of carboxylic acids is 1. The molecular formula is C13H22N2O4. The molecule has 1 rings (SSSR count). The van der Waals surface area contributed by atoms with Gasteiger partial charge < -0.3 is 19.6 Å². The average Bonchev–Trinajstić information content (AvgIpc) is 2.83. The van der Waals surface area contributed by atoms with Crippen LogP contribution in [0, 0.1) is 5.92 Å². The third kappa shape index (κ3) is 3.70. The molecule has 1 fully saturated rings. The molecule has 0 bridgehead atoms. The van der Waals surface area contributed by atoms with Gasteiger partial charge in [-0.1, -0.05) is 12.2 Å². The van der Waals surface area contributed by atoms with Crippen molar-refractivity contribution in [1.29, 1.82) is 0 Å². The van der Waals surface area contributed by atoms with Gasteiger partial charge in [-0.15, -0.1) is 0 Å². The van der Waals surface area contributed by atoms with Gasteiger partial charge in [0.15, 0.2) is 0 Å². The summed E-state index contributed by atoms with van der Waals surface area (Å²) in [4.78, 5) is 26.5. The van der Waals surface area contributed by atoms with Crippen LogP contribution in [-0.2, 0) is 9.53 Å². The van der Waals surface area contributed by atoms with Crippen molar-refractivity contribution in [1.82, 2.24) is 9.80 Å². The quantitative estimate of drug-likeness (QED) is 0.758. The molecule has 2 unspecified atom stereocenters. The molecule has 0 radical (unpaired) electrons. The molecule has 1 saturated heterocycles. The number of carboxylic acid groups (broad SMARTS) is 1. The first-order chi connectivity index (χ1) is 8.88. The van der Waals surface area contributed by atoms with Gasteiger partial charge in [-0.3, -0.25) is 4.79 Å². The number of hydrogen-bond acceptors (Lipinski definition) is 3. The minimum Gasteiger partial charge on any atom is -0.481 e. The van der Waals surface area contributed by atoms with Gasteiger partial charge in [0.25, 0.3) is 0 Å². The van der Waals surface area contributed by atoms with E-state index in [0.717, 1.165) is 5.57 Å². The average molecular weight is 270 g/mol. The van der Waals surface area contributed by atoms with Crippen LogP contribution in [0.2, 0.25) is 0 Å². The lowest BCUT2D eigenvalue weighted by Gasteiger charge is -2.32. The maximum Gasteiger partial charge on any atom is 0.320 e. The van der Waals surface area contributed by atoms with Crippen molar-refractivity contribution in [3.8, 4) is 0 Å². The van der Waals surface area contributed by atoms with Crippen molar-refractivity contribution < 1.29 is 19.4 Å². The van der Waals surface area contributed by atoms with E-state index in [1.54, 1.807) is 11.9 Å². The van der Waals surface area contributed by atoms with Crippen molar-refractivity contribution in [3.05, 3.63) is 12.2 Å². The van der Waals surface area contributed by atoms with Gasteiger partial charge in [-0.25, -0.2) is 4.79 Å². The predicted molar refractivity (Wildman–Crippen MR) is 71.0 cm³/mol. The number of urea groups is 1. The molecule has 6 heteroatoms. The molecule has 108 valence electrons. The van der Waals surface area contributed by atoms with Crippen molar-refractivity contribution in [3.63, 3.8) is 0 Å². The van der Waals surface area contributed by atoms with Gasteiger partial charge >= 0.3 is 12.0 Å². The molecule has 2 amide bonds. The molecule has 1 aliphatic heterocycles. The summed E-state index contributed by atoms with van der Waals surface area (Å²) in [5.74, 6) is -1.58. The van der Waals surface area contributed by atoms with Crippen LogP contribution in [0.1, 0.15) is 13.8 Å². The highest BCUT2D eigenvalue weighted by Crippen LogP contribution is 2.20. The van der Waals surface area contributed by atoms with Gasteiger partial charge in [0.1, 0.15) is 5.92 Å². The van der Waals surface area contributed by atoms with Crippen LogP contribution < -0.4 is 0 Å². The van der Waals surface area contributed by atoms with E-state index in [-0.39, 0.29) is 19.2 Å². The van der Waals surface area contributed by atoms with Crippen LogP contribution in [0.4, 0.5) is 4.79 Å². The summed E-state index contributed by atoms with van der Waals surface area (Å²) in [6.45, 7) is 8.99. The smallest absolute Gasteiger partial charge is 0.320 e. The molecule has 0 aromatic carbocycles. The van der Waals surface area contributed by atoms with E-state index in [2.05, 4.69) is 6.58 Å². The summed E-state index contributed by atoms with van der Waals surface area (Å²) in [5, 5.41) is 9.11. The van der Waals surface area contributed by atoms with E-state index >= 15 is 0 Å². The highest BCUT2D eigenvalue weighted by atomic mass is 16.5. The number of ether oxygens (including phenoxy) is 1. The second-order valence-corrected chi connectivity index (χ2v) is 4.91. The SMILES string of the molecule is C=C(C)CN(CC)C(=O)N(C)C1COCC1C(=O)O. The zero-order chi connectivity index (χ0) is 14.6. The van der Waals surface area contributed by atoms with Gasteiger partial charge in [-0.2, -0.15) is 0 Å². The zero-order valence-electron chi connectivity index (χ0n) is 11.8. The molecule has 1 heterocycles. The Hall–Kier alpha value is -1.56. The van der Waals surface area contributed by atoms with Crippen LogP contribution in [0.5, 0.6) is 0 Å². The molecule has 0 saturated carbocycles. The number of aliphatic carboxylic acids is 1. The Morgan fingerprint density at radius 2 is 2.05 bits per heavy atom. The highest BCUT2D eigenvalue weighted by Gasteiger charge is 2.39. The summed E-state index contributed by atoms with van der Waals surface area (Å²) in [5.41, 5.74) is 0.890. The Labute approximate surface area is 113 Å². The molecule has 6 nitrogen and oxygen atoms in total. The molecule has 1 N–H and O–H groups in total. The first-order valence-corrected chi connectivity index (χ1v) is 6.35. The van der Waals surface area contributed by atoms with Crippen LogP contribution >= 0.6 is 0 Å². The van der Waals surface area contributed by atoms with Gasteiger partial charge in [0.2, 0.25) is 0 Å². The van der Waals surface area contributed by atoms with E-state index in [1.807, 2.05) is 13.8 Å². The maximum atomic E-state index is 12.3. The summed E-state index contributed by atoms with van der Waals surface area (Å²) in [6.07, 6.45) is 0. The second-order valence-electron chi connectivity index (χ2n) is 4.91. The standard InChI is InChI=1S/C13H22N2O4/c1-5-15(6-9(2)3)13(18)14(4)11-8-19-7-10(11)12(16)17/h10-11H,2,5-8H2,1,3-4H3,(H,16,17). The van der Waals surface area contributed by atoms with E-state index in [4.69, 9.17) is 9.84 Å². The Kier molecular flexibility index (Phi) is 5.35. The summed E-state index contributed by atoms with van der Waals surface area (Å²) in [7, 11) is 1.62. The Bertz CT molecular complexity index is 370. The molecule has 0 aromatic rings. The van der Waals surface area contributed by atoms with E-state index in [9.17, 15) is 9.59 Å². The van der Waals surface area contributed by atoms with Crippen LogP contribution in [0.25, 0.3) is 0 Å². The lowest BCUT2D eigenvalue weighted by Crippen LogP contribution is -2.50. The number of carbonyl (C=O) groups is 2. The molecule has 0 spiro atoms. The summed E-state index contributed by atoms with van der Waals surface area (Å²) in [6, 6.07) is -0.601. The second kappa shape index (κ2) is 6.56. The normalized spacial score (nSPS) is 22.1. The number of amides is 2. The molecule has 19 heavy (non-hydrogen) atoms. The summed E-state index contributed by atoms with van der Waals surface area (Å²) < 4.78 is 5.19. The lowest BCUT2D eigenvalue weighted by molar-refractivity contribution is -0.142. The lowest BCUT2D eigenvalue weighted by atomic mass is 10.0. The van der Waals surface area contributed by atoms with E-state index in [0.29, 0.717) is 13.1 Å². The predicted octanol–water partition coefficient (Wildman–Crippen LogP) is 1.04. The zero-order valence-corrected chi connectivity index (χ0v) is 11.8. The first-order valence-electron chi connectivity index (χ1n) is 6.35. The fourth-order valence-corrected chi connectivity index (χ4v) is 2.17. The largest absolute Gasteiger partial charge is 0.481 e. The fraction of sp³-hybridized carbons (Fsp3) is 0.692. The molecule has 0 aromatic heterocycles. The molecular weight excluding hydrogens is 248 g/mol. The van der Waals surface area contributed by atoms with Gasteiger partial charge in [-0.05, 0) is 13.8 Å². The Morgan fingerprint density at radius 3 is 2.53 bits per heavy atom. The number of rotatable bonds is 5. The maximum absolute atomic E-state index is 12.3. The molecule has 1 aliphatic rings. The molecule has 0 aliphatic carbocycles. The van der Waals surface area contributed by atoms with Crippen LogP contribution in [-0.4, -0.2) is 66.3 Å². The molecule has 2 atom stereocenters. The number of likely N-dealkylation sites (N-methyl/N-ethyl adjacent to an activating group) is 2. The topological polar surface area (TPSA) is 70.1 Å². The number of nitrogens with zero attached hydrogens (tertiary/aromatic N) is 2. The first kappa shape index (κ1) is 15.5. The summed E-state index contributed by atoms with van der Waals surface area (Å²) >= 11 is 0. The van der Waals surface area contributed by atoms with Crippen molar-refractivity contribution >= 4 is 12.0 Å². The van der Waals surface area contributed by atoms with Gasteiger partial charge in [0, 0.05) is 20.1 Å². The minimum absolute atomic E-state index is 0.157. The van der Waals surface area contributed by atoms with Crippen molar-refractivity contribution in [2.45, 2.75) is 19.9 Å². The third-order valence-corrected chi connectivity index (χ3v) is 3.28. The number of hydrogen-bond donors (Lipinski definition) is 1. The van der Waals surface area contributed by atoms with Crippen molar-refractivity contribution in [2.75, 3.05) is 33.4 Å². The van der Waals surface area contributed by atoms with Crippen molar-refractivity contribution in [2.24, 2.45) is 5.92 Å². The van der Waals surface area contributed by atoms with E-state index < -0.39 is 17.9 Å². The monoisotopic (exact) mass is 270 g/mol.